The molecule has 0 fully saturated rings. The Morgan fingerprint density at radius 3 is 2.59 bits per heavy atom. The van der Waals surface area contributed by atoms with Crippen molar-refractivity contribution in [3.8, 4) is 5.75 Å². The zero-order valence-corrected chi connectivity index (χ0v) is 13.4. The number of methoxy groups -OCH3 is 1. The van der Waals surface area contributed by atoms with E-state index in [1.54, 1.807) is 7.11 Å². The van der Waals surface area contributed by atoms with Gasteiger partial charge in [0.05, 0.1) is 13.2 Å². The highest BCUT2D eigenvalue weighted by Gasteiger charge is 2.09. The minimum absolute atomic E-state index is 0.0263. The molecule has 0 aromatic heterocycles. The van der Waals surface area contributed by atoms with Crippen LogP contribution in [-0.2, 0) is 11.2 Å². The zero-order chi connectivity index (χ0) is 15.9. The van der Waals surface area contributed by atoms with Crippen molar-refractivity contribution >= 4 is 5.91 Å². The van der Waals surface area contributed by atoms with Crippen LogP contribution in [0.5, 0.6) is 5.75 Å². The highest BCUT2D eigenvalue weighted by Crippen LogP contribution is 2.15. The molecule has 2 aromatic carbocycles. The molecule has 3 heteroatoms. The van der Waals surface area contributed by atoms with Crippen LogP contribution in [0.1, 0.15) is 36.1 Å². The Morgan fingerprint density at radius 1 is 1.18 bits per heavy atom. The maximum atomic E-state index is 12.1. The number of ether oxygens (including phenoxy) is 1. The molecule has 2 rings (SSSR count). The lowest BCUT2D eigenvalue weighted by Gasteiger charge is -2.14. The minimum atomic E-state index is 0.0263. The first-order valence-corrected chi connectivity index (χ1v) is 7.57. The number of carbonyl (C=O) groups excluding carboxylic acids is 1. The molecule has 0 saturated heterocycles. The van der Waals surface area contributed by atoms with Crippen LogP contribution in [0.2, 0.25) is 0 Å². The first-order valence-electron chi connectivity index (χ1n) is 7.57. The maximum absolute atomic E-state index is 12.1. The smallest absolute Gasteiger partial charge is 0.220 e. The Labute approximate surface area is 132 Å². The molecule has 3 nitrogen and oxygen atoms in total. The summed E-state index contributed by atoms with van der Waals surface area (Å²) in [5.41, 5.74) is 3.46. The molecule has 0 radical (unpaired) electrons. The van der Waals surface area contributed by atoms with Crippen LogP contribution in [0.15, 0.2) is 48.5 Å². The second-order valence-corrected chi connectivity index (χ2v) is 5.55. The molecule has 0 aliphatic heterocycles. The van der Waals surface area contributed by atoms with Gasteiger partial charge in [0.1, 0.15) is 5.75 Å². The van der Waals surface area contributed by atoms with Gasteiger partial charge in [-0.3, -0.25) is 4.79 Å². The van der Waals surface area contributed by atoms with Gasteiger partial charge >= 0.3 is 0 Å². The number of hydrogen-bond donors (Lipinski definition) is 1. The standard InChI is InChI=1S/C19H23NO2/c1-14-7-10-17(11-8-14)15(2)20-19(21)12-9-16-5-4-6-18(13-16)22-3/h4-8,10-11,13,15H,9,12H2,1-3H3,(H,20,21). The quantitative estimate of drug-likeness (QED) is 0.880. The Kier molecular flexibility index (Phi) is 5.59. The molecule has 0 bridgehead atoms. The molecule has 0 aliphatic rings. The third kappa shape index (κ3) is 4.62. The molecule has 22 heavy (non-hydrogen) atoms. The molecular weight excluding hydrogens is 274 g/mol. The van der Waals surface area contributed by atoms with Crippen LogP contribution in [0, 0.1) is 6.92 Å². The molecule has 1 amide bonds. The van der Waals surface area contributed by atoms with E-state index < -0.39 is 0 Å². The Hall–Kier alpha value is -2.29. The van der Waals surface area contributed by atoms with Crippen molar-refractivity contribution in [2.24, 2.45) is 0 Å². The maximum Gasteiger partial charge on any atom is 0.220 e. The van der Waals surface area contributed by atoms with Gasteiger partial charge < -0.3 is 10.1 Å². The van der Waals surface area contributed by atoms with Crippen LogP contribution in [-0.4, -0.2) is 13.0 Å². The predicted octanol–water partition coefficient (Wildman–Crippen LogP) is 3.81. The summed E-state index contributed by atoms with van der Waals surface area (Å²) in [6, 6.07) is 16.1. The van der Waals surface area contributed by atoms with Crippen molar-refractivity contribution in [1.82, 2.24) is 5.32 Å². The number of carbonyl (C=O) groups is 1. The highest BCUT2D eigenvalue weighted by molar-refractivity contribution is 5.76. The Bertz CT molecular complexity index is 620. The lowest BCUT2D eigenvalue weighted by atomic mass is 10.1. The van der Waals surface area contributed by atoms with Crippen LogP contribution < -0.4 is 10.1 Å². The van der Waals surface area contributed by atoms with E-state index in [4.69, 9.17) is 4.74 Å². The molecule has 1 unspecified atom stereocenters. The van der Waals surface area contributed by atoms with Crippen molar-refractivity contribution < 1.29 is 9.53 Å². The van der Waals surface area contributed by atoms with E-state index in [2.05, 4.69) is 36.5 Å². The topological polar surface area (TPSA) is 38.3 Å². The second-order valence-electron chi connectivity index (χ2n) is 5.55. The number of benzene rings is 2. The van der Waals surface area contributed by atoms with Gasteiger partial charge in [-0.1, -0.05) is 42.0 Å². The van der Waals surface area contributed by atoms with Crippen LogP contribution in [0.25, 0.3) is 0 Å². The lowest BCUT2D eigenvalue weighted by molar-refractivity contribution is -0.121. The minimum Gasteiger partial charge on any atom is -0.497 e. The summed E-state index contributed by atoms with van der Waals surface area (Å²) < 4.78 is 5.19. The zero-order valence-electron chi connectivity index (χ0n) is 13.4. The normalized spacial score (nSPS) is 11.8. The first kappa shape index (κ1) is 16.1. The summed E-state index contributed by atoms with van der Waals surface area (Å²) in [5, 5.41) is 3.04. The van der Waals surface area contributed by atoms with E-state index in [9.17, 15) is 4.79 Å². The van der Waals surface area contributed by atoms with E-state index in [1.165, 1.54) is 5.56 Å². The number of rotatable bonds is 6. The second kappa shape index (κ2) is 7.64. The number of aryl methyl sites for hydroxylation is 2. The molecule has 116 valence electrons. The molecule has 2 aromatic rings. The first-order chi connectivity index (χ1) is 10.6. The van der Waals surface area contributed by atoms with E-state index >= 15 is 0 Å². The third-order valence-corrected chi connectivity index (χ3v) is 3.73. The molecule has 1 atom stereocenters. The van der Waals surface area contributed by atoms with Gasteiger partial charge in [-0.15, -0.1) is 0 Å². The van der Waals surface area contributed by atoms with Crippen molar-refractivity contribution in [3.05, 3.63) is 65.2 Å². The van der Waals surface area contributed by atoms with Crippen LogP contribution >= 0.6 is 0 Å². The number of amides is 1. The Balaban J connectivity index is 1.85. The van der Waals surface area contributed by atoms with Crippen molar-refractivity contribution in [1.29, 1.82) is 0 Å². The van der Waals surface area contributed by atoms with Gasteiger partial charge in [0.2, 0.25) is 5.91 Å². The van der Waals surface area contributed by atoms with E-state index in [0.717, 1.165) is 16.9 Å². The number of hydrogen-bond acceptors (Lipinski definition) is 2. The SMILES string of the molecule is COc1cccc(CCC(=O)NC(C)c2ccc(C)cc2)c1. The van der Waals surface area contributed by atoms with Gasteiger partial charge in [0.25, 0.3) is 0 Å². The summed E-state index contributed by atoms with van der Waals surface area (Å²) in [6.45, 7) is 4.06. The van der Waals surface area contributed by atoms with Gasteiger partial charge in [-0.05, 0) is 43.5 Å². The van der Waals surface area contributed by atoms with Crippen molar-refractivity contribution in [3.63, 3.8) is 0 Å². The lowest BCUT2D eigenvalue weighted by Crippen LogP contribution is -2.26. The summed E-state index contributed by atoms with van der Waals surface area (Å²) >= 11 is 0. The summed E-state index contributed by atoms with van der Waals surface area (Å²) in [4.78, 5) is 12.1. The molecule has 0 aliphatic carbocycles. The van der Waals surface area contributed by atoms with Crippen LogP contribution in [0.4, 0.5) is 0 Å². The molecule has 0 heterocycles. The predicted molar refractivity (Wildman–Crippen MR) is 89.1 cm³/mol. The van der Waals surface area contributed by atoms with Gasteiger partial charge in [0, 0.05) is 6.42 Å². The van der Waals surface area contributed by atoms with Crippen molar-refractivity contribution in [2.75, 3.05) is 7.11 Å². The van der Waals surface area contributed by atoms with Gasteiger partial charge in [0.15, 0.2) is 0 Å². The average Bonchev–Trinajstić information content (AvgIpc) is 2.53. The van der Waals surface area contributed by atoms with Gasteiger partial charge in [-0.2, -0.15) is 0 Å². The van der Waals surface area contributed by atoms with E-state index in [-0.39, 0.29) is 11.9 Å². The van der Waals surface area contributed by atoms with Crippen LogP contribution in [0.3, 0.4) is 0 Å². The Morgan fingerprint density at radius 2 is 1.91 bits per heavy atom. The summed E-state index contributed by atoms with van der Waals surface area (Å²) in [5.74, 6) is 0.891. The van der Waals surface area contributed by atoms with E-state index in [0.29, 0.717) is 12.8 Å². The fourth-order valence-electron chi connectivity index (χ4n) is 2.34. The molecule has 0 spiro atoms. The number of nitrogens with one attached hydrogen (secondary N) is 1. The van der Waals surface area contributed by atoms with Gasteiger partial charge in [-0.25, -0.2) is 0 Å². The average molecular weight is 297 g/mol. The van der Waals surface area contributed by atoms with E-state index in [1.807, 2.05) is 31.2 Å². The summed E-state index contributed by atoms with van der Waals surface area (Å²) in [6.07, 6.45) is 1.19. The fourth-order valence-corrected chi connectivity index (χ4v) is 2.34. The molecule has 0 saturated carbocycles. The summed E-state index contributed by atoms with van der Waals surface area (Å²) in [7, 11) is 1.65. The molecule has 1 N–H and O–H groups in total. The highest BCUT2D eigenvalue weighted by atomic mass is 16.5. The monoisotopic (exact) mass is 297 g/mol. The third-order valence-electron chi connectivity index (χ3n) is 3.73. The fraction of sp³-hybridized carbons (Fsp3) is 0.316. The largest absolute Gasteiger partial charge is 0.497 e. The van der Waals surface area contributed by atoms with Crippen molar-refractivity contribution in [2.45, 2.75) is 32.7 Å². The molecular formula is C19H23NO2.